The molecule has 1 aliphatic rings. The highest BCUT2D eigenvalue weighted by molar-refractivity contribution is 5.76. The summed E-state index contributed by atoms with van der Waals surface area (Å²) in [5.74, 6) is 0.122. The van der Waals surface area contributed by atoms with Gasteiger partial charge in [0.2, 0.25) is 5.91 Å². The van der Waals surface area contributed by atoms with Gasteiger partial charge >= 0.3 is 0 Å². The van der Waals surface area contributed by atoms with Crippen molar-refractivity contribution in [2.45, 2.75) is 25.4 Å². The van der Waals surface area contributed by atoms with Crippen LogP contribution >= 0.6 is 0 Å². The zero-order chi connectivity index (χ0) is 8.97. The number of aliphatic hydroxyl groups excluding tert-OH is 1. The van der Waals surface area contributed by atoms with Crippen molar-refractivity contribution in [3.05, 3.63) is 0 Å². The summed E-state index contributed by atoms with van der Waals surface area (Å²) in [5, 5.41) is 9.16. The summed E-state index contributed by atoms with van der Waals surface area (Å²) in [4.78, 5) is 13.0. The summed E-state index contributed by atoms with van der Waals surface area (Å²) < 4.78 is 0. The van der Waals surface area contributed by atoms with Gasteiger partial charge in [-0.2, -0.15) is 0 Å². The second-order valence-electron chi connectivity index (χ2n) is 3.17. The molecular formula is C8H16N2O2. The number of carbonyl (C=O) groups excluding carboxylic acids is 1. The number of nitrogens with two attached hydrogens (primary N) is 1. The summed E-state index contributed by atoms with van der Waals surface area (Å²) in [6, 6.07) is 0. The van der Waals surface area contributed by atoms with Crippen LogP contribution in [0.15, 0.2) is 0 Å². The molecule has 0 bridgehead atoms. The minimum Gasteiger partial charge on any atom is -0.391 e. The van der Waals surface area contributed by atoms with Crippen LogP contribution in [-0.2, 0) is 4.79 Å². The maximum absolute atomic E-state index is 11.3. The van der Waals surface area contributed by atoms with Gasteiger partial charge < -0.3 is 15.7 Å². The van der Waals surface area contributed by atoms with Gasteiger partial charge in [0.1, 0.15) is 0 Å². The lowest BCUT2D eigenvalue weighted by Gasteiger charge is -2.14. The molecule has 70 valence electrons. The van der Waals surface area contributed by atoms with Gasteiger partial charge in [-0.15, -0.1) is 0 Å². The van der Waals surface area contributed by atoms with E-state index in [1.165, 1.54) is 0 Å². The van der Waals surface area contributed by atoms with Gasteiger partial charge in [-0.05, 0) is 19.4 Å². The van der Waals surface area contributed by atoms with Gasteiger partial charge in [-0.25, -0.2) is 0 Å². The molecule has 0 saturated carbocycles. The highest BCUT2D eigenvalue weighted by Crippen LogP contribution is 2.10. The number of hydrogen-bond acceptors (Lipinski definition) is 3. The van der Waals surface area contributed by atoms with Gasteiger partial charge in [0.05, 0.1) is 6.10 Å². The minimum absolute atomic E-state index is 0.122. The summed E-state index contributed by atoms with van der Waals surface area (Å²) in [6.45, 7) is 1.76. The fourth-order valence-corrected chi connectivity index (χ4v) is 1.38. The molecule has 0 spiro atoms. The van der Waals surface area contributed by atoms with E-state index in [1.54, 1.807) is 4.90 Å². The Bertz CT molecular complexity index is 161. The van der Waals surface area contributed by atoms with Crippen LogP contribution in [0.4, 0.5) is 0 Å². The third-order valence-corrected chi connectivity index (χ3v) is 2.11. The molecule has 4 heteroatoms. The molecule has 1 rings (SSSR count). The van der Waals surface area contributed by atoms with E-state index in [0.717, 1.165) is 6.42 Å². The van der Waals surface area contributed by atoms with Gasteiger partial charge in [0, 0.05) is 19.5 Å². The number of amides is 1. The highest BCUT2D eigenvalue weighted by atomic mass is 16.3. The topological polar surface area (TPSA) is 66.6 Å². The Balaban J connectivity index is 2.23. The van der Waals surface area contributed by atoms with Gasteiger partial charge in [0.25, 0.3) is 0 Å². The third-order valence-electron chi connectivity index (χ3n) is 2.11. The van der Waals surface area contributed by atoms with Crippen molar-refractivity contribution >= 4 is 5.91 Å². The lowest BCUT2D eigenvalue weighted by Crippen LogP contribution is -2.29. The molecule has 0 aliphatic carbocycles. The average molecular weight is 172 g/mol. The smallest absolute Gasteiger partial charge is 0.222 e. The van der Waals surface area contributed by atoms with Gasteiger partial charge in [0.15, 0.2) is 0 Å². The molecule has 0 aromatic carbocycles. The Kier molecular flexibility index (Phi) is 3.49. The average Bonchev–Trinajstić information content (AvgIpc) is 2.47. The molecule has 0 aromatic rings. The lowest BCUT2D eigenvalue weighted by molar-refractivity contribution is -0.130. The molecule has 1 saturated heterocycles. The van der Waals surface area contributed by atoms with E-state index in [2.05, 4.69) is 0 Å². The SMILES string of the molecule is NCCCC(=O)N1CC[C@@H](O)C1. The van der Waals surface area contributed by atoms with Crippen LogP contribution < -0.4 is 5.73 Å². The maximum Gasteiger partial charge on any atom is 0.222 e. The van der Waals surface area contributed by atoms with E-state index >= 15 is 0 Å². The number of β-amino-alcohol motifs (C(OH)–C–C–N with tert-alkyl or cyclic N) is 1. The molecule has 1 heterocycles. The van der Waals surface area contributed by atoms with Crippen molar-refractivity contribution in [3.8, 4) is 0 Å². The Morgan fingerprint density at radius 2 is 2.42 bits per heavy atom. The molecule has 0 radical (unpaired) electrons. The highest BCUT2D eigenvalue weighted by Gasteiger charge is 2.23. The zero-order valence-electron chi connectivity index (χ0n) is 7.20. The molecule has 0 aromatic heterocycles. The quantitative estimate of drug-likeness (QED) is 0.592. The van der Waals surface area contributed by atoms with Crippen molar-refractivity contribution in [1.82, 2.24) is 4.90 Å². The van der Waals surface area contributed by atoms with E-state index in [9.17, 15) is 4.79 Å². The van der Waals surface area contributed by atoms with Gasteiger partial charge in [-0.3, -0.25) is 4.79 Å². The summed E-state index contributed by atoms with van der Waals surface area (Å²) in [5.41, 5.74) is 5.28. The fraction of sp³-hybridized carbons (Fsp3) is 0.875. The first-order chi connectivity index (χ1) is 5.74. The third kappa shape index (κ3) is 2.46. The summed E-state index contributed by atoms with van der Waals surface area (Å²) in [7, 11) is 0. The standard InChI is InChI=1S/C8H16N2O2/c9-4-1-2-8(12)10-5-3-7(11)6-10/h7,11H,1-6,9H2/t7-/m1/s1. The van der Waals surface area contributed by atoms with E-state index in [-0.39, 0.29) is 12.0 Å². The first-order valence-electron chi connectivity index (χ1n) is 4.40. The van der Waals surface area contributed by atoms with Gasteiger partial charge in [-0.1, -0.05) is 0 Å². The van der Waals surface area contributed by atoms with Crippen LogP contribution in [0.3, 0.4) is 0 Å². The molecule has 12 heavy (non-hydrogen) atoms. The van der Waals surface area contributed by atoms with Crippen molar-refractivity contribution < 1.29 is 9.90 Å². The number of likely N-dealkylation sites (tertiary alicyclic amines) is 1. The van der Waals surface area contributed by atoms with Crippen molar-refractivity contribution in [2.24, 2.45) is 5.73 Å². The van der Waals surface area contributed by atoms with Crippen LogP contribution in [0, 0.1) is 0 Å². The second-order valence-corrected chi connectivity index (χ2v) is 3.17. The molecule has 1 amide bonds. The Hall–Kier alpha value is -0.610. The maximum atomic E-state index is 11.3. The lowest BCUT2D eigenvalue weighted by atomic mass is 10.3. The number of rotatable bonds is 3. The predicted molar refractivity (Wildman–Crippen MR) is 45.5 cm³/mol. The number of aliphatic hydroxyl groups is 1. The van der Waals surface area contributed by atoms with E-state index in [1.807, 2.05) is 0 Å². The number of hydrogen-bond donors (Lipinski definition) is 2. The van der Waals surface area contributed by atoms with Crippen molar-refractivity contribution in [1.29, 1.82) is 0 Å². The molecule has 1 atom stereocenters. The summed E-state index contributed by atoms with van der Waals surface area (Å²) in [6.07, 6.45) is 1.66. The van der Waals surface area contributed by atoms with Crippen molar-refractivity contribution in [3.63, 3.8) is 0 Å². The Labute approximate surface area is 72.3 Å². The first kappa shape index (κ1) is 9.48. The minimum atomic E-state index is -0.313. The zero-order valence-corrected chi connectivity index (χ0v) is 7.20. The monoisotopic (exact) mass is 172 g/mol. The normalized spacial score (nSPS) is 23.2. The molecule has 1 aliphatic heterocycles. The molecule has 0 unspecified atom stereocenters. The number of nitrogens with zero attached hydrogens (tertiary/aromatic N) is 1. The fourth-order valence-electron chi connectivity index (χ4n) is 1.38. The number of carbonyl (C=O) groups is 1. The largest absolute Gasteiger partial charge is 0.391 e. The Morgan fingerprint density at radius 3 is 2.92 bits per heavy atom. The van der Waals surface area contributed by atoms with Crippen LogP contribution in [0.5, 0.6) is 0 Å². The van der Waals surface area contributed by atoms with Crippen LogP contribution in [-0.4, -0.2) is 41.7 Å². The van der Waals surface area contributed by atoms with E-state index in [4.69, 9.17) is 10.8 Å². The second kappa shape index (κ2) is 4.42. The Morgan fingerprint density at radius 1 is 1.67 bits per heavy atom. The molecular weight excluding hydrogens is 156 g/mol. The van der Waals surface area contributed by atoms with Crippen LogP contribution in [0.2, 0.25) is 0 Å². The first-order valence-corrected chi connectivity index (χ1v) is 4.40. The van der Waals surface area contributed by atoms with Crippen LogP contribution in [0.1, 0.15) is 19.3 Å². The van der Waals surface area contributed by atoms with Crippen molar-refractivity contribution in [2.75, 3.05) is 19.6 Å². The van der Waals surface area contributed by atoms with E-state index < -0.39 is 0 Å². The molecule has 1 fully saturated rings. The summed E-state index contributed by atoms with van der Waals surface area (Å²) >= 11 is 0. The molecule has 3 N–H and O–H groups in total. The molecule has 4 nitrogen and oxygen atoms in total. The van der Waals surface area contributed by atoms with Crippen LogP contribution in [0.25, 0.3) is 0 Å². The predicted octanol–water partition coefficient (Wildman–Crippen LogP) is -0.681. The van der Waals surface area contributed by atoms with E-state index in [0.29, 0.717) is 32.5 Å².